The summed E-state index contributed by atoms with van der Waals surface area (Å²) in [4.78, 5) is 20.8. The van der Waals surface area contributed by atoms with Crippen molar-refractivity contribution in [3.05, 3.63) is 22.8 Å². The van der Waals surface area contributed by atoms with E-state index < -0.39 is 5.60 Å². The molecule has 2 rings (SSSR count). The molecule has 0 saturated carbocycles. The molecular weight excluding hydrogens is 358 g/mol. The number of anilines is 1. The summed E-state index contributed by atoms with van der Waals surface area (Å²) in [5.74, 6) is 0.905. The van der Waals surface area contributed by atoms with Crippen molar-refractivity contribution in [2.45, 2.75) is 51.7 Å². The molecule has 1 aliphatic heterocycles. The van der Waals surface area contributed by atoms with Crippen LogP contribution in [0.4, 0.5) is 10.6 Å². The predicted molar refractivity (Wildman–Crippen MR) is 95.8 cm³/mol. The van der Waals surface area contributed by atoms with Gasteiger partial charge in [-0.05, 0) is 68.1 Å². The van der Waals surface area contributed by atoms with Gasteiger partial charge in [0, 0.05) is 30.8 Å². The largest absolute Gasteiger partial charge is 0.444 e. The van der Waals surface area contributed by atoms with Gasteiger partial charge in [0.05, 0.1) is 6.04 Å². The fourth-order valence-corrected chi connectivity index (χ4v) is 2.99. The second-order valence-electron chi connectivity index (χ2n) is 7.04. The van der Waals surface area contributed by atoms with Crippen LogP contribution in [0.3, 0.4) is 0 Å². The Balaban J connectivity index is 2.03. The first-order valence-electron chi connectivity index (χ1n) is 8.08. The minimum atomic E-state index is -0.460. The predicted octanol–water partition coefficient (Wildman–Crippen LogP) is 4.07. The lowest BCUT2D eigenvalue weighted by atomic mass is 10.0. The maximum atomic E-state index is 12.5. The molecule has 1 aliphatic rings. The van der Waals surface area contributed by atoms with Crippen LogP contribution in [-0.4, -0.2) is 47.8 Å². The molecule has 0 N–H and O–H groups in total. The van der Waals surface area contributed by atoms with E-state index in [2.05, 4.69) is 25.8 Å². The van der Waals surface area contributed by atoms with Crippen molar-refractivity contribution in [1.29, 1.82) is 0 Å². The van der Waals surface area contributed by atoms with E-state index in [0.29, 0.717) is 0 Å². The molecule has 23 heavy (non-hydrogen) atoms. The van der Waals surface area contributed by atoms with Crippen LogP contribution in [0.1, 0.15) is 40.0 Å². The molecular formula is C17H26BrN3O2. The Bertz CT molecular complexity index is 528. The Hall–Kier alpha value is -1.30. The van der Waals surface area contributed by atoms with Gasteiger partial charge in [0.25, 0.3) is 0 Å². The summed E-state index contributed by atoms with van der Waals surface area (Å²) in [5.41, 5.74) is -0.460. The number of hydrogen-bond acceptors (Lipinski definition) is 4. The third-order valence-corrected chi connectivity index (χ3v) is 4.31. The fourth-order valence-electron chi connectivity index (χ4n) is 2.75. The molecule has 1 amide bonds. The quantitative estimate of drug-likeness (QED) is 0.788. The van der Waals surface area contributed by atoms with Crippen LogP contribution < -0.4 is 4.90 Å². The van der Waals surface area contributed by atoms with Gasteiger partial charge in [0.1, 0.15) is 11.4 Å². The van der Waals surface area contributed by atoms with Crippen LogP contribution in [-0.2, 0) is 4.74 Å². The highest BCUT2D eigenvalue weighted by Gasteiger charge is 2.31. The van der Waals surface area contributed by atoms with Crippen molar-refractivity contribution in [3.8, 4) is 0 Å². The highest BCUT2D eigenvalue weighted by molar-refractivity contribution is 9.10. The van der Waals surface area contributed by atoms with E-state index in [9.17, 15) is 4.79 Å². The number of amides is 1. The normalized spacial score (nSPS) is 18.7. The lowest BCUT2D eigenvalue weighted by Gasteiger charge is -2.38. The number of halogens is 1. The van der Waals surface area contributed by atoms with Gasteiger partial charge in [-0.2, -0.15) is 0 Å². The van der Waals surface area contributed by atoms with Gasteiger partial charge in [-0.1, -0.05) is 0 Å². The molecule has 128 valence electrons. The van der Waals surface area contributed by atoms with Crippen LogP contribution >= 0.6 is 15.9 Å². The number of aromatic nitrogens is 1. The van der Waals surface area contributed by atoms with E-state index in [1.54, 1.807) is 6.20 Å². The lowest BCUT2D eigenvalue weighted by Crippen LogP contribution is -2.50. The number of carbonyl (C=O) groups excluding carboxylic acids is 1. The van der Waals surface area contributed by atoms with Gasteiger partial charge in [0.2, 0.25) is 0 Å². The van der Waals surface area contributed by atoms with Crippen LogP contribution in [0.15, 0.2) is 22.8 Å². The SMILES string of the molecule is CN(C[C@@H]1CCCCN1C(=O)OC(C)(C)C)c1ccc(Br)cn1. The van der Waals surface area contributed by atoms with Gasteiger partial charge in [-0.25, -0.2) is 9.78 Å². The van der Waals surface area contributed by atoms with E-state index in [-0.39, 0.29) is 12.1 Å². The van der Waals surface area contributed by atoms with Crippen LogP contribution in [0, 0.1) is 0 Å². The molecule has 0 unspecified atom stereocenters. The van der Waals surface area contributed by atoms with Crippen LogP contribution in [0.25, 0.3) is 0 Å². The third kappa shape index (κ3) is 5.37. The second-order valence-corrected chi connectivity index (χ2v) is 7.95. The van der Waals surface area contributed by atoms with Crippen molar-refractivity contribution in [2.24, 2.45) is 0 Å². The van der Waals surface area contributed by atoms with Gasteiger partial charge in [-0.3, -0.25) is 0 Å². The summed E-state index contributed by atoms with van der Waals surface area (Å²) in [6.07, 6.45) is 4.76. The Morgan fingerprint density at radius 1 is 1.43 bits per heavy atom. The highest BCUT2D eigenvalue weighted by atomic mass is 79.9. The lowest BCUT2D eigenvalue weighted by molar-refractivity contribution is 0.0108. The second kappa shape index (κ2) is 7.51. The van der Waals surface area contributed by atoms with Crippen molar-refractivity contribution in [3.63, 3.8) is 0 Å². The van der Waals surface area contributed by atoms with E-state index in [1.165, 1.54) is 0 Å². The first-order chi connectivity index (χ1) is 10.8. The monoisotopic (exact) mass is 383 g/mol. The maximum Gasteiger partial charge on any atom is 0.410 e. The zero-order valence-corrected chi connectivity index (χ0v) is 16.0. The summed E-state index contributed by atoms with van der Waals surface area (Å²) in [6.45, 7) is 7.24. The fraction of sp³-hybridized carbons (Fsp3) is 0.647. The topological polar surface area (TPSA) is 45.7 Å². The molecule has 0 spiro atoms. The number of nitrogens with zero attached hydrogens (tertiary/aromatic N) is 3. The van der Waals surface area contributed by atoms with E-state index in [1.807, 2.05) is 44.9 Å². The molecule has 1 aromatic rings. The summed E-state index contributed by atoms with van der Waals surface area (Å²) < 4.78 is 6.52. The number of piperidine rings is 1. The Morgan fingerprint density at radius 2 is 2.17 bits per heavy atom. The van der Waals surface area contributed by atoms with Gasteiger partial charge < -0.3 is 14.5 Å². The highest BCUT2D eigenvalue weighted by Crippen LogP contribution is 2.22. The van der Waals surface area contributed by atoms with Crippen LogP contribution in [0.5, 0.6) is 0 Å². The first-order valence-corrected chi connectivity index (χ1v) is 8.88. The van der Waals surface area contributed by atoms with E-state index >= 15 is 0 Å². The molecule has 1 saturated heterocycles. The minimum absolute atomic E-state index is 0.161. The minimum Gasteiger partial charge on any atom is -0.444 e. The van der Waals surface area contributed by atoms with Gasteiger partial charge in [0.15, 0.2) is 0 Å². The summed E-state index contributed by atoms with van der Waals surface area (Å²) in [7, 11) is 2.01. The molecule has 1 aromatic heterocycles. The number of carbonyl (C=O) groups is 1. The van der Waals surface area contributed by atoms with Crippen molar-refractivity contribution < 1.29 is 9.53 Å². The zero-order chi connectivity index (χ0) is 17.0. The molecule has 0 bridgehead atoms. The van der Waals surface area contributed by atoms with Crippen molar-refractivity contribution >= 4 is 27.8 Å². The van der Waals surface area contributed by atoms with E-state index in [0.717, 1.165) is 42.6 Å². The molecule has 2 heterocycles. The van der Waals surface area contributed by atoms with Gasteiger partial charge in [-0.15, -0.1) is 0 Å². The van der Waals surface area contributed by atoms with Crippen molar-refractivity contribution in [2.75, 3.05) is 25.0 Å². The molecule has 0 radical (unpaired) electrons. The Morgan fingerprint density at radius 3 is 2.78 bits per heavy atom. The summed E-state index contributed by atoms with van der Waals surface area (Å²) in [6, 6.07) is 4.12. The van der Waals surface area contributed by atoms with Gasteiger partial charge >= 0.3 is 6.09 Å². The third-order valence-electron chi connectivity index (χ3n) is 3.84. The number of rotatable bonds is 3. The summed E-state index contributed by atoms with van der Waals surface area (Å²) in [5, 5.41) is 0. The zero-order valence-electron chi connectivity index (χ0n) is 14.4. The Kier molecular flexibility index (Phi) is 5.89. The smallest absolute Gasteiger partial charge is 0.410 e. The first kappa shape index (κ1) is 18.0. The molecule has 0 aromatic carbocycles. The number of ether oxygens (including phenoxy) is 1. The molecule has 1 fully saturated rings. The standard InChI is InChI=1S/C17H26BrN3O2/c1-17(2,3)23-16(22)21-10-6-5-7-14(21)12-20(4)15-9-8-13(18)11-19-15/h8-9,11,14H,5-7,10,12H2,1-4H3/t14-/m0/s1. The molecule has 5 nitrogen and oxygen atoms in total. The van der Waals surface area contributed by atoms with Crippen LogP contribution in [0.2, 0.25) is 0 Å². The average Bonchev–Trinajstić information content (AvgIpc) is 2.46. The van der Waals surface area contributed by atoms with E-state index in [4.69, 9.17) is 4.74 Å². The molecule has 1 atom stereocenters. The number of hydrogen-bond donors (Lipinski definition) is 0. The number of likely N-dealkylation sites (tertiary alicyclic amines) is 1. The summed E-state index contributed by atoms with van der Waals surface area (Å²) >= 11 is 3.40. The average molecular weight is 384 g/mol. The number of pyridine rings is 1. The molecule has 0 aliphatic carbocycles. The maximum absolute atomic E-state index is 12.5. The Labute approximate surface area is 147 Å². The van der Waals surface area contributed by atoms with Crippen molar-refractivity contribution in [1.82, 2.24) is 9.88 Å². The number of likely N-dealkylation sites (N-methyl/N-ethyl adjacent to an activating group) is 1. The molecule has 6 heteroatoms.